The van der Waals surface area contributed by atoms with Crippen LogP contribution in [0.3, 0.4) is 0 Å². The van der Waals surface area contributed by atoms with Crippen LogP contribution in [0.15, 0.2) is 0 Å². The molecule has 12 heavy (non-hydrogen) atoms. The molecule has 0 spiro atoms. The van der Waals surface area contributed by atoms with E-state index in [4.69, 9.17) is 0 Å². The molecular weight excluding hydrogens is 218 g/mol. The summed E-state index contributed by atoms with van der Waals surface area (Å²) in [6, 6.07) is -5.58. The minimum Gasteiger partial charge on any atom is -0.266 e. The molecule has 0 saturated heterocycles. The number of halogens is 8. The first-order valence-electron chi connectivity index (χ1n) is 2.11. The van der Waals surface area contributed by atoms with Gasteiger partial charge in [-0.15, -0.1) is 12.4 Å². The molecule has 0 aliphatic carbocycles. The van der Waals surface area contributed by atoms with Gasteiger partial charge in [0.1, 0.15) is 0 Å². The molecule has 2 N–H and O–H groups in total. The smallest absolute Gasteiger partial charge is 0.266 e. The van der Waals surface area contributed by atoms with Crippen LogP contribution in [0, 0.1) is 0 Å². The zero-order valence-electron chi connectivity index (χ0n) is 5.13. The van der Waals surface area contributed by atoms with Crippen molar-refractivity contribution in [3.05, 3.63) is 0 Å². The summed E-state index contributed by atoms with van der Waals surface area (Å²) in [5.74, 6) is -6.18. The molecule has 0 aliphatic rings. The second-order valence-electron chi connectivity index (χ2n) is 1.70. The SMILES string of the molecule is Cl.NC(F)(F)C(F)(F)C(F)(F)F. The van der Waals surface area contributed by atoms with E-state index >= 15 is 0 Å². The zero-order chi connectivity index (χ0) is 9.50. The van der Waals surface area contributed by atoms with Crippen LogP contribution in [-0.4, -0.2) is 18.1 Å². The topological polar surface area (TPSA) is 26.0 Å². The lowest BCUT2D eigenvalue weighted by molar-refractivity contribution is -0.353. The van der Waals surface area contributed by atoms with Crippen LogP contribution >= 0.6 is 12.4 Å². The third-order valence-corrected chi connectivity index (χ3v) is 0.775. The fraction of sp³-hybridized carbons (Fsp3) is 1.00. The lowest BCUT2D eigenvalue weighted by Gasteiger charge is -2.24. The largest absolute Gasteiger partial charge is 0.461 e. The molecule has 0 unspecified atom stereocenters. The van der Waals surface area contributed by atoms with E-state index < -0.39 is 18.1 Å². The maximum Gasteiger partial charge on any atom is 0.461 e. The zero-order valence-corrected chi connectivity index (χ0v) is 5.95. The van der Waals surface area contributed by atoms with E-state index in [-0.39, 0.29) is 12.4 Å². The van der Waals surface area contributed by atoms with Gasteiger partial charge in [0.15, 0.2) is 0 Å². The van der Waals surface area contributed by atoms with Gasteiger partial charge in [0.05, 0.1) is 0 Å². The summed E-state index contributed by atoms with van der Waals surface area (Å²) in [7, 11) is 0. The predicted molar refractivity (Wildman–Crippen MR) is 27.4 cm³/mol. The van der Waals surface area contributed by atoms with Gasteiger partial charge in [-0.05, 0) is 0 Å². The van der Waals surface area contributed by atoms with Gasteiger partial charge in [-0.1, -0.05) is 0 Å². The van der Waals surface area contributed by atoms with Crippen molar-refractivity contribution in [2.75, 3.05) is 0 Å². The first-order chi connectivity index (χ1) is 4.50. The molecule has 0 fully saturated rings. The Balaban J connectivity index is 0. The second kappa shape index (κ2) is 3.25. The van der Waals surface area contributed by atoms with E-state index in [1.165, 1.54) is 0 Å². The van der Waals surface area contributed by atoms with Gasteiger partial charge in [-0.25, -0.2) is 0 Å². The fourth-order valence-corrected chi connectivity index (χ4v) is 0.189. The Bertz CT molecular complexity index is 130. The number of hydrogen-bond donors (Lipinski definition) is 1. The highest BCUT2D eigenvalue weighted by molar-refractivity contribution is 5.85. The highest BCUT2D eigenvalue weighted by Crippen LogP contribution is 2.43. The van der Waals surface area contributed by atoms with Gasteiger partial charge in [-0.2, -0.15) is 30.7 Å². The van der Waals surface area contributed by atoms with Crippen LogP contribution < -0.4 is 5.73 Å². The Labute approximate surface area is 68.1 Å². The number of hydrogen-bond acceptors (Lipinski definition) is 1. The van der Waals surface area contributed by atoms with Gasteiger partial charge in [0, 0.05) is 0 Å². The standard InChI is InChI=1S/C3H2F7N.ClH/c4-1(5,2(6,7)8)3(9,10)11;/h11H2;1H. The molecule has 1 nitrogen and oxygen atoms in total. The molecule has 0 saturated carbocycles. The molecule has 0 aliphatic heterocycles. The Hall–Kier alpha value is -0.240. The van der Waals surface area contributed by atoms with E-state index in [1.54, 1.807) is 0 Å². The quantitative estimate of drug-likeness (QED) is 0.533. The number of rotatable bonds is 1. The van der Waals surface area contributed by atoms with Crippen molar-refractivity contribution in [2.24, 2.45) is 5.73 Å². The highest BCUT2D eigenvalue weighted by atomic mass is 35.5. The van der Waals surface area contributed by atoms with Gasteiger partial charge in [-0.3, -0.25) is 5.73 Å². The molecular formula is C3H3ClF7N. The van der Waals surface area contributed by atoms with Crippen LogP contribution in [0.5, 0.6) is 0 Å². The molecule has 0 atom stereocenters. The van der Waals surface area contributed by atoms with Gasteiger partial charge < -0.3 is 0 Å². The summed E-state index contributed by atoms with van der Waals surface area (Å²) in [5, 5.41) is 0. The average Bonchev–Trinajstić information content (AvgIpc) is 1.58. The molecule has 0 aromatic heterocycles. The highest BCUT2D eigenvalue weighted by Gasteiger charge is 2.71. The maximum absolute atomic E-state index is 11.4. The summed E-state index contributed by atoms with van der Waals surface area (Å²) in [4.78, 5) is 0. The van der Waals surface area contributed by atoms with Crippen molar-refractivity contribution in [2.45, 2.75) is 18.1 Å². The number of nitrogens with two attached hydrogens (primary N) is 1. The summed E-state index contributed by atoms with van der Waals surface area (Å²) < 4.78 is 78.5. The molecule has 9 heteroatoms. The first kappa shape index (κ1) is 14.3. The van der Waals surface area contributed by atoms with Crippen molar-refractivity contribution < 1.29 is 30.7 Å². The third-order valence-electron chi connectivity index (χ3n) is 0.775. The van der Waals surface area contributed by atoms with E-state index in [2.05, 4.69) is 5.73 Å². The molecule has 0 aromatic rings. The van der Waals surface area contributed by atoms with Gasteiger partial charge in [0.25, 0.3) is 0 Å². The van der Waals surface area contributed by atoms with Crippen LogP contribution in [0.4, 0.5) is 30.7 Å². The van der Waals surface area contributed by atoms with Crippen molar-refractivity contribution in [3.8, 4) is 0 Å². The van der Waals surface area contributed by atoms with E-state index in [1.807, 2.05) is 0 Å². The van der Waals surface area contributed by atoms with Crippen molar-refractivity contribution in [3.63, 3.8) is 0 Å². The van der Waals surface area contributed by atoms with E-state index in [0.29, 0.717) is 0 Å². The normalized spacial score (nSPS) is 14.0. The molecule has 0 rings (SSSR count). The Morgan fingerprint density at radius 2 is 1.00 bits per heavy atom. The molecule has 0 bridgehead atoms. The van der Waals surface area contributed by atoms with E-state index in [0.717, 1.165) is 0 Å². The molecule has 0 aromatic carbocycles. The third kappa shape index (κ3) is 2.37. The van der Waals surface area contributed by atoms with Crippen LogP contribution in [0.25, 0.3) is 0 Å². The summed E-state index contributed by atoms with van der Waals surface area (Å²) in [6.45, 7) is 0. The van der Waals surface area contributed by atoms with Crippen LogP contribution in [0.1, 0.15) is 0 Å². The molecule has 0 heterocycles. The Kier molecular flexibility index (Phi) is 3.87. The second-order valence-corrected chi connectivity index (χ2v) is 1.70. The minimum atomic E-state index is -6.33. The van der Waals surface area contributed by atoms with Crippen molar-refractivity contribution >= 4 is 12.4 Å². The fourth-order valence-electron chi connectivity index (χ4n) is 0.189. The summed E-state index contributed by atoms with van der Waals surface area (Å²) in [6.07, 6.45) is -6.33. The summed E-state index contributed by atoms with van der Waals surface area (Å²) in [5.41, 5.74) is 3.30. The molecule has 0 amide bonds. The van der Waals surface area contributed by atoms with Crippen LogP contribution in [-0.2, 0) is 0 Å². The van der Waals surface area contributed by atoms with Crippen LogP contribution in [0.2, 0.25) is 0 Å². The van der Waals surface area contributed by atoms with Crippen molar-refractivity contribution in [1.82, 2.24) is 0 Å². The summed E-state index contributed by atoms with van der Waals surface area (Å²) >= 11 is 0. The minimum absolute atomic E-state index is 0. The maximum atomic E-state index is 11.4. The number of alkyl halides is 7. The Morgan fingerprint density at radius 1 is 0.750 bits per heavy atom. The Morgan fingerprint density at radius 3 is 1.00 bits per heavy atom. The van der Waals surface area contributed by atoms with Crippen molar-refractivity contribution in [1.29, 1.82) is 0 Å². The van der Waals surface area contributed by atoms with Gasteiger partial charge in [0.2, 0.25) is 0 Å². The molecule has 76 valence electrons. The van der Waals surface area contributed by atoms with E-state index in [9.17, 15) is 30.7 Å². The monoisotopic (exact) mass is 221 g/mol. The average molecular weight is 222 g/mol. The lowest BCUT2D eigenvalue weighted by atomic mass is 10.3. The van der Waals surface area contributed by atoms with Gasteiger partial charge >= 0.3 is 18.1 Å². The lowest BCUT2D eigenvalue weighted by Crippen LogP contribution is -2.57. The predicted octanol–water partition coefficient (Wildman–Crippen LogP) is 2.16. The molecule has 0 radical (unpaired) electrons. The first-order valence-corrected chi connectivity index (χ1v) is 2.11.